The zero-order valence-electron chi connectivity index (χ0n) is 18.8. The van der Waals surface area contributed by atoms with E-state index in [0.29, 0.717) is 18.5 Å². The lowest BCUT2D eigenvalue weighted by atomic mass is 9.64. The van der Waals surface area contributed by atoms with Crippen LogP contribution in [0.15, 0.2) is 24.3 Å². The second-order valence-electron chi connectivity index (χ2n) is 9.75. The van der Waals surface area contributed by atoms with E-state index in [9.17, 15) is 19.2 Å². The highest BCUT2D eigenvalue weighted by Gasteiger charge is 2.56. The average Bonchev–Trinajstić information content (AvgIpc) is 2.85. The number of amides is 4. The van der Waals surface area contributed by atoms with Gasteiger partial charge in [0.25, 0.3) is 11.8 Å². The van der Waals surface area contributed by atoms with Crippen LogP contribution in [0.2, 0.25) is 0 Å². The van der Waals surface area contributed by atoms with Crippen molar-refractivity contribution in [3.8, 4) is 0 Å². The summed E-state index contributed by atoms with van der Waals surface area (Å²) in [4.78, 5) is 51.2. The Morgan fingerprint density at radius 3 is 2.48 bits per heavy atom. The van der Waals surface area contributed by atoms with Crippen LogP contribution in [0.4, 0.5) is 10.5 Å². The van der Waals surface area contributed by atoms with Crippen LogP contribution in [0.1, 0.15) is 52.5 Å². The van der Waals surface area contributed by atoms with E-state index in [0.717, 1.165) is 16.9 Å². The summed E-state index contributed by atoms with van der Waals surface area (Å²) < 4.78 is 5.18. The van der Waals surface area contributed by atoms with Gasteiger partial charge in [-0.25, -0.2) is 4.79 Å². The fourth-order valence-electron chi connectivity index (χ4n) is 4.95. The van der Waals surface area contributed by atoms with E-state index in [4.69, 9.17) is 4.74 Å². The van der Waals surface area contributed by atoms with Crippen LogP contribution in [0.3, 0.4) is 0 Å². The molecule has 8 heteroatoms. The highest BCUT2D eigenvalue weighted by molar-refractivity contribution is 6.09. The van der Waals surface area contributed by atoms with Crippen LogP contribution in [0.5, 0.6) is 0 Å². The maximum absolute atomic E-state index is 13.1. The van der Waals surface area contributed by atoms with Crippen LogP contribution in [-0.4, -0.2) is 46.9 Å². The lowest BCUT2D eigenvalue weighted by Gasteiger charge is -2.43. The molecule has 1 heterocycles. The van der Waals surface area contributed by atoms with Gasteiger partial charge in [-0.15, -0.1) is 0 Å². The van der Waals surface area contributed by atoms with Crippen molar-refractivity contribution in [2.24, 2.45) is 11.3 Å². The monoisotopic (exact) mass is 429 g/mol. The molecular formula is C23H31N3O5. The van der Waals surface area contributed by atoms with E-state index in [1.54, 1.807) is 12.1 Å². The summed E-state index contributed by atoms with van der Waals surface area (Å²) in [5.41, 5.74) is 0.565. The van der Waals surface area contributed by atoms with Gasteiger partial charge in [-0.2, -0.15) is 0 Å². The van der Waals surface area contributed by atoms with Crippen molar-refractivity contribution < 1.29 is 23.9 Å². The highest BCUT2D eigenvalue weighted by Crippen LogP contribution is 2.46. The van der Waals surface area contributed by atoms with Gasteiger partial charge in [0.1, 0.15) is 12.1 Å². The molecule has 1 saturated heterocycles. The second kappa shape index (κ2) is 8.32. The molecule has 0 bridgehead atoms. The van der Waals surface area contributed by atoms with Gasteiger partial charge in [0.15, 0.2) is 6.10 Å². The van der Waals surface area contributed by atoms with E-state index in [-0.39, 0.29) is 11.3 Å². The van der Waals surface area contributed by atoms with E-state index < -0.39 is 42.0 Å². The fraction of sp³-hybridized carbons (Fsp3) is 0.565. The normalized spacial score (nSPS) is 25.8. The number of imide groups is 1. The Morgan fingerprint density at radius 2 is 1.87 bits per heavy atom. The first-order valence-corrected chi connectivity index (χ1v) is 10.6. The number of nitrogens with one attached hydrogen (secondary N) is 2. The third kappa shape index (κ3) is 5.06. The van der Waals surface area contributed by atoms with Gasteiger partial charge in [0.05, 0.1) is 0 Å². The highest BCUT2D eigenvalue weighted by atomic mass is 16.5. The molecule has 2 aliphatic rings. The smallest absolute Gasteiger partial charge is 0.327 e. The Hall–Kier alpha value is -2.90. The molecule has 1 aliphatic carbocycles. The van der Waals surface area contributed by atoms with Gasteiger partial charge in [-0.05, 0) is 56.6 Å². The molecule has 1 saturated carbocycles. The molecule has 1 aliphatic heterocycles. The Morgan fingerprint density at radius 1 is 1.23 bits per heavy atom. The Kier molecular flexibility index (Phi) is 6.11. The third-order valence-corrected chi connectivity index (χ3v) is 5.91. The lowest BCUT2D eigenvalue weighted by molar-refractivity contribution is -0.155. The molecule has 168 valence electrons. The van der Waals surface area contributed by atoms with Crippen molar-refractivity contribution in [3.05, 3.63) is 29.8 Å². The molecule has 1 aromatic carbocycles. The summed E-state index contributed by atoms with van der Waals surface area (Å²) in [7, 11) is 0. The topological polar surface area (TPSA) is 105 Å². The minimum atomic E-state index is -1.07. The Bertz CT molecular complexity index is 895. The minimum absolute atomic E-state index is 0.0975. The van der Waals surface area contributed by atoms with Gasteiger partial charge >= 0.3 is 12.0 Å². The molecule has 4 amide bonds. The predicted molar refractivity (Wildman–Crippen MR) is 115 cm³/mol. The van der Waals surface area contributed by atoms with Crippen LogP contribution in [-0.2, 0) is 19.1 Å². The number of benzene rings is 1. The van der Waals surface area contributed by atoms with E-state index in [2.05, 4.69) is 31.4 Å². The van der Waals surface area contributed by atoms with Crippen molar-refractivity contribution >= 4 is 29.5 Å². The number of carbonyl (C=O) groups is 4. The standard InChI is InChI=1S/C23H31N3O5/c1-14-6-8-17(9-7-14)24-19(28)16(3)31-18(27)12-26-20(29)23(25-21(26)30)11-15(2)10-22(4,5)13-23/h6-9,15-16H,10-13H2,1-5H3,(H,24,28)(H,25,30)/t15-,16-,23+/m1/s1. The number of rotatable bonds is 5. The molecule has 8 nitrogen and oxygen atoms in total. The number of urea groups is 1. The SMILES string of the molecule is Cc1ccc(NC(=O)[C@@H](C)OC(=O)CN2C(=O)N[C@]3(C[C@H](C)CC(C)(C)C3)C2=O)cc1. The molecule has 1 aromatic rings. The van der Waals surface area contributed by atoms with Gasteiger partial charge in [0.2, 0.25) is 0 Å². The number of carbonyl (C=O) groups excluding carboxylic acids is 4. The molecule has 1 spiro atoms. The van der Waals surface area contributed by atoms with Crippen molar-refractivity contribution in [3.63, 3.8) is 0 Å². The van der Waals surface area contributed by atoms with Gasteiger partial charge in [0, 0.05) is 5.69 Å². The number of ether oxygens (including phenoxy) is 1. The first-order valence-electron chi connectivity index (χ1n) is 10.6. The largest absolute Gasteiger partial charge is 0.451 e. The van der Waals surface area contributed by atoms with E-state index >= 15 is 0 Å². The summed E-state index contributed by atoms with van der Waals surface area (Å²) >= 11 is 0. The zero-order valence-corrected chi connectivity index (χ0v) is 18.8. The molecule has 0 unspecified atom stereocenters. The average molecular weight is 430 g/mol. The molecule has 0 aromatic heterocycles. The number of nitrogens with zero attached hydrogens (tertiary/aromatic N) is 1. The second-order valence-corrected chi connectivity index (χ2v) is 9.75. The molecular weight excluding hydrogens is 398 g/mol. The summed E-state index contributed by atoms with van der Waals surface area (Å²) in [6.07, 6.45) is 0.961. The number of esters is 1. The minimum Gasteiger partial charge on any atom is -0.451 e. The third-order valence-electron chi connectivity index (χ3n) is 5.91. The number of aryl methyl sites for hydroxylation is 1. The van der Waals surface area contributed by atoms with E-state index in [1.807, 2.05) is 19.1 Å². The summed E-state index contributed by atoms with van der Waals surface area (Å²) in [5.74, 6) is -1.43. The number of hydrogen-bond donors (Lipinski definition) is 2. The fourth-order valence-corrected chi connectivity index (χ4v) is 4.95. The van der Waals surface area contributed by atoms with Crippen molar-refractivity contribution in [1.82, 2.24) is 10.2 Å². The molecule has 3 rings (SSSR count). The number of hydrogen-bond acceptors (Lipinski definition) is 5. The van der Waals surface area contributed by atoms with Crippen LogP contribution >= 0.6 is 0 Å². The number of anilines is 1. The van der Waals surface area contributed by atoms with Crippen LogP contribution < -0.4 is 10.6 Å². The van der Waals surface area contributed by atoms with Gasteiger partial charge in [-0.1, -0.05) is 38.5 Å². The zero-order chi connectivity index (χ0) is 23.0. The summed E-state index contributed by atoms with van der Waals surface area (Å²) in [6.45, 7) is 9.08. The molecule has 0 radical (unpaired) electrons. The first kappa shape index (κ1) is 22.8. The quantitative estimate of drug-likeness (QED) is 0.553. The van der Waals surface area contributed by atoms with Crippen molar-refractivity contribution in [2.75, 3.05) is 11.9 Å². The maximum Gasteiger partial charge on any atom is 0.327 e. The van der Waals surface area contributed by atoms with Gasteiger partial charge in [-0.3, -0.25) is 19.3 Å². The molecule has 31 heavy (non-hydrogen) atoms. The molecule has 2 N–H and O–H groups in total. The molecule has 2 fully saturated rings. The summed E-state index contributed by atoms with van der Waals surface area (Å²) in [5, 5.41) is 5.49. The van der Waals surface area contributed by atoms with E-state index in [1.165, 1.54) is 6.92 Å². The van der Waals surface area contributed by atoms with Crippen molar-refractivity contribution in [2.45, 2.75) is 65.5 Å². The Balaban J connectivity index is 1.59. The Labute approximate surface area is 182 Å². The first-order chi connectivity index (χ1) is 14.4. The van der Waals surface area contributed by atoms with Crippen LogP contribution in [0.25, 0.3) is 0 Å². The summed E-state index contributed by atoms with van der Waals surface area (Å²) in [6, 6.07) is 6.62. The van der Waals surface area contributed by atoms with Gasteiger partial charge < -0.3 is 15.4 Å². The van der Waals surface area contributed by atoms with Crippen molar-refractivity contribution in [1.29, 1.82) is 0 Å². The lowest BCUT2D eigenvalue weighted by Crippen LogP contribution is -2.54. The van der Waals surface area contributed by atoms with Crippen LogP contribution in [0, 0.1) is 18.3 Å². The molecule has 3 atom stereocenters. The predicted octanol–water partition coefficient (Wildman–Crippen LogP) is 3.00. The maximum atomic E-state index is 13.1.